The average molecular weight is 541 g/mol. The van der Waals surface area contributed by atoms with Crippen LogP contribution in [0.5, 0.6) is 5.75 Å². The highest BCUT2D eigenvalue weighted by atomic mass is 16.5. The van der Waals surface area contributed by atoms with Crippen LogP contribution in [0.4, 0.5) is 0 Å². The van der Waals surface area contributed by atoms with Crippen molar-refractivity contribution in [2.24, 2.45) is 0 Å². The minimum atomic E-state index is -0.400. The predicted octanol–water partition coefficient (Wildman–Crippen LogP) is 4.29. The van der Waals surface area contributed by atoms with Crippen molar-refractivity contribution in [3.05, 3.63) is 95.6 Å². The van der Waals surface area contributed by atoms with Crippen LogP contribution in [0.25, 0.3) is 11.4 Å². The molecule has 9 heteroatoms. The molecule has 3 aromatic carbocycles. The standard InChI is InChI=1S/C31H36N6O3/c1-4-40-29(39)21-37-33-31(32-34-37)26-15-13-25(14-16-26)30(27-11-8-12-28(38)17-27)36-19-22(2)35(18-23(36)3)20-24-9-6-5-7-10-24/h5-17,22-23,30,38H,4,18-21H2,1-3H3/t22-,23+,30-/m1/s1. The van der Waals surface area contributed by atoms with Crippen LogP contribution in [-0.2, 0) is 22.6 Å². The number of nitrogens with zero attached hydrogens (tertiary/aromatic N) is 6. The normalized spacial score (nSPS) is 18.9. The number of rotatable bonds is 9. The SMILES string of the molecule is CCOC(=O)Cn1nnc(-c2ccc([C@H](c3cccc(O)c3)N3C[C@@H](C)N(Cc4ccccc4)C[C@@H]3C)cc2)n1. The van der Waals surface area contributed by atoms with Crippen LogP contribution in [0, 0.1) is 0 Å². The Hall–Kier alpha value is -4.08. The van der Waals surface area contributed by atoms with Crippen molar-refractivity contribution in [2.45, 2.75) is 52.0 Å². The number of carbonyl (C=O) groups is 1. The third-order valence-electron chi connectivity index (χ3n) is 7.42. The highest BCUT2D eigenvalue weighted by Gasteiger charge is 2.35. The van der Waals surface area contributed by atoms with E-state index in [2.05, 4.69) is 87.6 Å². The van der Waals surface area contributed by atoms with Crippen LogP contribution in [0.15, 0.2) is 78.9 Å². The second-order valence-corrected chi connectivity index (χ2v) is 10.4. The maximum absolute atomic E-state index is 11.8. The Morgan fingerprint density at radius 3 is 2.48 bits per heavy atom. The van der Waals surface area contributed by atoms with E-state index in [1.165, 1.54) is 10.4 Å². The van der Waals surface area contributed by atoms with E-state index in [0.29, 0.717) is 18.5 Å². The molecule has 0 saturated carbocycles. The van der Waals surface area contributed by atoms with Crippen LogP contribution in [0.2, 0.25) is 0 Å². The molecule has 1 aliphatic heterocycles. The molecule has 0 aliphatic carbocycles. The molecule has 0 spiro atoms. The lowest BCUT2D eigenvalue weighted by Crippen LogP contribution is -2.56. The van der Waals surface area contributed by atoms with Crippen molar-refractivity contribution in [1.82, 2.24) is 30.0 Å². The summed E-state index contributed by atoms with van der Waals surface area (Å²) in [5.74, 6) is 0.300. The second kappa shape index (κ2) is 12.4. The number of tetrazole rings is 1. The van der Waals surface area contributed by atoms with Crippen molar-refractivity contribution in [3.8, 4) is 17.1 Å². The minimum Gasteiger partial charge on any atom is -0.508 e. The molecular formula is C31H36N6O3. The highest BCUT2D eigenvalue weighted by molar-refractivity contribution is 5.68. The first-order chi connectivity index (χ1) is 19.4. The summed E-state index contributed by atoms with van der Waals surface area (Å²) in [5, 5.41) is 22.8. The van der Waals surface area contributed by atoms with Gasteiger partial charge in [-0.05, 0) is 54.8 Å². The molecule has 0 amide bonds. The summed E-state index contributed by atoms with van der Waals surface area (Å²) in [5.41, 5.74) is 4.29. The van der Waals surface area contributed by atoms with Crippen LogP contribution >= 0.6 is 0 Å². The minimum absolute atomic E-state index is 0.0371. The van der Waals surface area contributed by atoms with Crippen molar-refractivity contribution in [3.63, 3.8) is 0 Å². The van der Waals surface area contributed by atoms with E-state index in [9.17, 15) is 9.90 Å². The Morgan fingerprint density at radius 2 is 1.75 bits per heavy atom. The van der Waals surface area contributed by atoms with Gasteiger partial charge in [0, 0.05) is 37.3 Å². The van der Waals surface area contributed by atoms with Crippen LogP contribution in [0.1, 0.15) is 43.5 Å². The number of ether oxygens (including phenoxy) is 1. The molecule has 0 bridgehead atoms. The van der Waals surface area contributed by atoms with E-state index in [4.69, 9.17) is 4.74 Å². The van der Waals surface area contributed by atoms with Crippen LogP contribution in [-0.4, -0.2) is 72.9 Å². The Labute approximate surface area is 235 Å². The van der Waals surface area contributed by atoms with Crippen molar-refractivity contribution < 1.29 is 14.6 Å². The second-order valence-electron chi connectivity index (χ2n) is 10.4. The molecule has 1 aromatic heterocycles. The Bertz CT molecular complexity index is 1410. The van der Waals surface area contributed by atoms with Gasteiger partial charge < -0.3 is 9.84 Å². The number of piperazine rings is 1. The number of aromatic hydroxyl groups is 1. The lowest BCUT2D eigenvalue weighted by molar-refractivity contribution is -0.144. The summed E-state index contributed by atoms with van der Waals surface area (Å²) in [6.45, 7) is 9.31. The molecule has 208 valence electrons. The van der Waals surface area contributed by atoms with Gasteiger partial charge >= 0.3 is 5.97 Å². The summed E-state index contributed by atoms with van der Waals surface area (Å²) in [6, 6.07) is 26.9. The van der Waals surface area contributed by atoms with Gasteiger partial charge in [-0.25, -0.2) is 4.79 Å². The van der Waals surface area contributed by atoms with E-state index in [-0.39, 0.29) is 24.4 Å². The number of benzene rings is 3. The summed E-state index contributed by atoms with van der Waals surface area (Å²) in [7, 11) is 0. The highest BCUT2D eigenvalue weighted by Crippen LogP contribution is 2.35. The first kappa shape index (κ1) is 27.5. The first-order valence-electron chi connectivity index (χ1n) is 13.8. The fraction of sp³-hybridized carbons (Fsp3) is 0.355. The van der Waals surface area contributed by atoms with Gasteiger partial charge in [0.1, 0.15) is 5.75 Å². The van der Waals surface area contributed by atoms with E-state index >= 15 is 0 Å². The van der Waals surface area contributed by atoms with Gasteiger partial charge in [-0.1, -0.05) is 66.7 Å². The van der Waals surface area contributed by atoms with E-state index in [1.54, 1.807) is 13.0 Å². The van der Waals surface area contributed by atoms with Gasteiger partial charge in [0.05, 0.1) is 12.6 Å². The Morgan fingerprint density at radius 1 is 0.975 bits per heavy atom. The molecule has 3 atom stereocenters. The Kier molecular flexibility index (Phi) is 8.52. The van der Waals surface area contributed by atoms with Gasteiger partial charge in [0.15, 0.2) is 6.54 Å². The molecule has 4 aromatic rings. The molecule has 2 heterocycles. The molecule has 0 radical (unpaired) electrons. The number of hydrogen-bond acceptors (Lipinski definition) is 8. The number of aromatic nitrogens is 4. The molecule has 9 nitrogen and oxygen atoms in total. The van der Waals surface area contributed by atoms with Crippen molar-refractivity contribution in [1.29, 1.82) is 0 Å². The van der Waals surface area contributed by atoms with Crippen molar-refractivity contribution in [2.75, 3.05) is 19.7 Å². The van der Waals surface area contributed by atoms with Crippen LogP contribution in [0.3, 0.4) is 0 Å². The molecule has 1 aliphatic rings. The summed E-state index contributed by atoms with van der Waals surface area (Å²) < 4.78 is 4.97. The summed E-state index contributed by atoms with van der Waals surface area (Å²) >= 11 is 0. The first-order valence-corrected chi connectivity index (χ1v) is 13.8. The largest absolute Gasteiger partial charge is 0.508 e. The predicted molar refractivity (Wildman–Crippen MR) is 152 cm³/mol. The maximum Gasteiger partial charge on any atom is 0.329 e. The zero-order valence-electron chi connectivity index (χ0n) is 23.2. The number of hydrogen-bond donors (Lipinski definition) is 1. The average Bonchev–Trinajstić information content (AvgIpc) is 3.41. The van der Waals surface area contributed by atoms with Gasteiger partial charge in [0.25, 0.3) is 0 Å². The Balaban J connectivity index is 1.38. The fourth-order valence-corrected chi connectivity index (χ4v) is 5.46. The maximum atomic E-state index is 11.8. The molecule has 1 N–H and O–H groups in total. The van der Waals surface area contributed by atoms with Gasteiger partial charge in [-0.3, -0.25) is 9.80 Å². The van der Waals surface area contributed by atoms with E-state index in [1.807, 2.05) is 24.3 Å². The molecule has 1 fully saturated rings. The monoisotopic (exact) mass is 540 g/mol. The lowest BCUT2D eigenvalue weighted by Gasteiger charge is -2.47. The third kappa shape index (κ3) is 6.38. The zero-order valence-corrected chi connectivity index (χ0v) is 23.2. The molecule has 40 heavy (non-hydrogen) atoms. The quantitative estimate of drug-likeness (QED) is 0.314. The number of phenols is 1. The van der Waals surface area contributed by atoms with E-state index < -0.39 is 5.97 Å². The van der Waals surface area contributed by atoms with Crippen LogP contribution < -0.4 is 0 Å². The molecular weight excluding hydrogens is 504 g/mol. The zero-order chi connectivity index (χ0) is 28.1. The van der Waals surface area contributed by atoms with Gasteiger partial charge in [0.2, 0.25) is 5.82 Å². The summed E-state index contributed by atoms with van der Waals surface area (Å²) in [4.78, 5) is 18.1. The van der Waals surface area contributed by atoms with E-state index in [0.717, 1.165) is 36.3 Å². The number of carbonyl (C=O) groups excluding carboxylic acids is 1. The molecule has 5 rings (SSSR count). The third-order valence-corrected chi connectivity index (χ3v) is 7.42. The number of phenolic OH excluding ortho intramolecular Hbond substituents is 1. The molecule has 0 unspecified atom stereocenters. The lowest BCUT2D eigenvalue weighted by atomic mass is 9.92. The molecule has 1 saturated heterocycles. The topological polar surface area (TPSA) is 96.6 Å². The number of esters is 1. The summed E-state index contributed by atoms with van der Waals surface area (Å²) in [6.07, 6.45) is 0. The fourth-order valence-electron chi connectivity index (χ4n) is 5.46. The smallest absolute Gasteiger partial charge is 0.329 e. The van der Waals surface area contributed by atoms with Gasteiger partial charge in [-0.2, -0.15) is 4.80 Å². The van der Waals surface area contributed by atoms with Gasteiger partial charge in [-0.15, -0.1) is 10.2 Å². The van der Waals surface area contributed by atoms with Crippen molar-refractivity contribution >= 4 is 5.97 Å².